The molecule has 0 aromatic heterocycles. The molecular formula is C26H44O4Si. The topological polar surface area (TPSA) is 47.9 Å². The van der Waals surface area contributed by atoms with Crippen LogP contribution in [0.25, 0.3) is 0 Å². The van der Waals surface area contributed by atoms with Gasteiger partial charge in [-0.3, -0.25) is 0 Å². The van der Waals surface area contributed by atoms with Crippen LogP contribution in [0.1, 0.15) is 79.1 Å². The third-order valence-electron chi connectivity index (χ3n) is 9.44. The average Bonchev–Trinajstić information content (AvgIpc) is 3.21. The van der Waals surface area contributed by atoms with Gasteiger partial charge in [0.15, 0.2) is 14.1 Å². The first-order valence-corrected chi connectivity index (χ1v) is 15.5. The second-order valence-corrected chi connectivity index (χ2v) is 17.1. The SMILES string of the molecule is CC12CCC(O)C(C#CC(O[Si](C)(C)C(C)(C)C)C3CCCCC3)C1CC21OCCO1. The molecule has 3 saturated carbocycles. The molecule has 31 heavy (non-hydrogen) atoms. The van der Waals surface area contributed by atoms with Gasteiger partial charge in [0.05, 0.1) is 25.2 Å². The van der Waals surface area contributed by atoms with Gasteiger partial charge in [0.1, 0.15) is 6.10 Å². The van der Waals surface area contributed by atoms with E-state index in [4.69, 9.17) is 13.9 Å². The van der Waals surface area contributed by atoms with E-state index in [-0.39, 0.29) is 28.6 Å². The lowest BCUT2D eigenvalue weighted by molar-refractivity contribution is -0.344. The number of aliphatic hydroxyl groups excluding tert-OH is 1. The van der Waals surface area contributed by atoms with Gasteiger partial charge in [0.2, 0.25) is 0 Å². The summed E-state index contributed by atoms with van der Waals surface area (Å²) in [4.78, 5) is 0. The lowest BCUT2D eigenvalue weighted by Gasteiger charge is -2.64. The molecule has 1 spiro atoms. The predicted molar refractivity (Wildman–Crippen MR) is 126 cm³/mol. The molecule has 1 aliphatic heterocycles. The summed E-state index contributed by atoms with van der Waals surface area (Å²) >= 11 is 0. The van der Waals surface area contributed by atoms with Crippen molar-refractivity contribution < 1.29 is 19.0 Å². The van der Waals surface area contributed by atoms with Crippen LogP contribution in [0.4, 0.5) is 0 Å². The fraction of sp³-hybridized carbons (Fsp3) is 0.923. The number of fused-ring (bicyclic) bond motifs is 2. The molecule has 4 rings (SSSR count). The van der Waals surface area contributed by atoms with Crippen LogP contribution in [0, 0.1) is 35.0 Å². The molecule has 5 atom stereocenters. The Morgan fingerprint density at radius 3 is 2.32 bits per heavy atom. The number of rotatable bonds is 3. The van der Waals surface area contributed by atoms with Crippen LogP contribution < -0.4 is 0 Å². The first-order valence-electron chi connectivity index (χ1n) is 12.6. The Kier molecular flexibility index (Phi) is 6.47. The Morgan fingerprint density at radius 2 is 1.71 bits per heavy atom. The molecule has 5 heteroatoms. The first kappa shape index (κ1) is 23.8. The summed E-state index contributed by atoms with van der Waals surface area (Å²) < 4.78 is 19.1. The van der Waals surface area contributed by atoms with E-state index in [9.17, 15) is 5.11 Å². The maximum Gasteiger partial charge on any atom is 0.193 e. The molecule has 0 aromatic rings. The van der Waals surface area contributed by atoms with E-state index in [0.717, 1.165) is 19.3 Å². The van der Waals surface area contributed by atoms with Crippen LogP contribution in [-0.4, -0.2) is 44.6 Å². The molecular weight excluding hydrogens is 404 g/mol. The zero-order valence-corrected chi connectivity index (χ0v) is 21.6. The third-order valence-corrected chi connectivity index (χ3v) is 13.9. The molecule has 0 bridgehead atoms. The Morgan fingerprint density at radius 1 is 1.06 bits per heavy atom. The Hall–Kier alpha value is -0.383. The van der Waals surface area contributed by atoms with Gasteiger partial charge in [-0.25, -0.2) is 0 Å². The maximum atomic E-state index is 10.9. The van der Waals surface area contributed by atoms with E-state index in [1.165, 1.54) is 32.1 Å². The Labute approximate surface area is 190 Å². The monoisotopic (exact) mass is 448 g/mol. The van der Waals surface area contributed by atoms with Crippen molar-refractivity contribution in [3.63, 3.8) is 0 Å². The van der Waals surface area contributed by atoms with E-state index in [2.05, 4.69) is 52.6 Å². The Bertz CT molecular complexity index is 705. The molecule has 1 N–H and O–H groups in total. The molecule has 5 unspecified atom stereocenters. The van der Waals surface area contributed by atoms with Gasteiger partial charge in [-0.1, -0.05) is 58.8 Å². The van der Waals surface area contributed by atoms with Gasteiger partial charge >= 0.3 is 0 Å². The lowest BCUT2D eigenvalue weighted by Crippen LogP contribution is -2.67. The third kappa shape index (κ3) is 4.17. The van der Waals surface area contributed by atoms with Crippen molar-refractivity contribution in [1.82, 2.24) is 0 Å². The smallest absolute Gasteiger partial charge is 0.193 e. The van der Waals surface area contributed by atoms with Gasteiger partial charge in [-0.05, 0) is 55.7 Å². The maximum absolute atomic E-state index is 10.9. The van der Waals surface area contributed by atoms with E-state index in [1.807, 2.05) is 0 Å². The fourth-order valence-electron chi connectivity index (χ4n) is 6.15. The minimum Gasteiger partial charge on any atom is -0.403 e. The van der Waals surface area contributed by atoms with Crippen LogP contribution in [0.3, 0.4) is 0 Å². The predicted octanol–water partition coefficient (Wildman–Crippen LogP) is 5.50. The zero-order chi connectivity index (χ0) is 22.5. The highest BCUT2D eigenvalue weighted by Gasteiger charge is 2.69. The number of aliphatic hydroxyl groups is 1. The standard InChI is InChI=1S/C26H44O4Si/c1-24(2,3)31(5,6)30-23(19-10-8-7-9-11-19)13-12-20-21-18-26(28-16-17-29-26)25(21,4)15-14-22(20)27/h19-23,27H,7-11,14-18H2,1-6H3. The minimum absolute atomic E-state index is 0.00501. The quantitative estimate of drug-likeness (QED) is 0.457. The van der Waals surface area contributed by atoms with Crippen molar-refractivity contribution in [3.8, 4) is 11.8 Å². The average molecular weight is 449 g/mol. The number of hydrogen-bond acceptors (Lipinski definition) is 4. The summed E-state index contributed by atoms with van der Waals surface area (Å²) in [5.41, 5.74) is -0.0390. The van der Waals surface area contributed by atoms with Crippen LogP contribution in [0.15, 0.2) is 0 Å². The van der Waals surface area contributed by atoms with E-state index >= 15 is 0 Å². The lowest BCUT2D eigenvalue weighted by atomic mass is 9.47. The van der Waals surface area contributed by atoms with Crippen molar-refractivity contribution in [2.45, 2.75) is 115 Å². The molecule has 0 radical (unpaired) electrons. The molecule has 4 fully saturated rings. The summed E-state index contributed by atoms with van der Waals surface area (Å²) in [6, 6.07) is 0. The summed E-state index contributed by atoms with van der Waals surface area (Å²) in [7, 11) is -1.92. The summed E-state index contributed by atoms with van der Waals surface area (Å²) in [6.45, 7) is 15.2. The van der Waals surface area contributed by atoms with E-state index < -0.39 is 14.1 Å². The highest BCUT2D eigenvalue weighted by atomic mass is 28.4. The van der Waals surface area contributed by atoms with Crippen LogP contribution in [0.2, 0.25) is 18.1 Å². The summed E-state index contributed by atoms with van der Waals surface area (Å²) in [6.07, 6.45) is 8.56. The first-order chi connectivity index (χ1) is 14.5. The Balaban J connectivity index is 1.56. The molecule has 4 aliphatic rings. The highest BCUT2D eigenvalue weighted by molar-refractivity contribution is 6.74. The van der Waals surface area contributed by atoms with Crippen molar-refractivity contribution >= 4 is 8.32 Å². The van der Waals surface area contributed by atoms with Crippen molar-refractivity contribution in [1.29, 1.82) is 0 Å². The molecule has 176 valence electrons. The largest absolute Gasteiger partial charge is 0.403 e. The molecule has 4 nitrogen and oxygen atoms in total. The molecule has 1 saturated heterocycles. The zero-order valence-electron chi connectivity index (χ0n) is 20.6. The summed E-state index contributed by atoms with van der Waals surface area (Å²) in [5.74, 6) is 7.63. The molecule has 0 aromatic carbocycles. The second-order valence-electron chi connectivity index (χ2n) is 12.3. The van der Waals surface area contributed by atoms with Crippen LogP contribution >= 0.6 is 0 Å². The minimum atomic E-state index is -1.92. The van der Waals surface area contributed by atoms with Crippen molar-refractivity contribution in [3.05, 3.63) is 0 Å². The van der Waals surface area contributed by atoms with Crippen molar-refractivity contribution in [2.24, 2.45) is 23.2 Å². The normalized spacial score (nSPS) is 36.9. The molecule has 1 heterocycles. The molecule has 0 amide bonds. The van der Waals surface area contributed by atoms with Crippen LogP contribution in [-0.2, 0) is 13.9 Å². The van der Waals surface area contributed by atoms with Gasteiger partial charge in [-0.2, -0.15) is 0 Å². The van der Waals surface area contributed by atoms with Gasteiger partial charge in [-0.15, -0.1) is 0 Å². The van der Waals surface area contributed by atoms with E-state index in [0.29, 0.717) is 25.0 Å². The van der Waals surface area contributed by atoms with E-state index in [1.54, 1.807) is 0 Å². The van der Waals surface area contributed by atoms with Gasteiger partial charge < -0.3 is 19.0 Å². The van der Waals surface area contributed by atoms with Gasteiger partial charge in [0.25, 0.3) is 0 Å². The summed E-state index contributed by atoms with van der Waals surface area (Å²) in [5, 5.41) is 11.1. The van der Waals surface area contributed by atoms with Gasteiger partial charge in [0, 0.05) is 11.8 Å². The van der Waals surface area contributed by atoms with Crippen LogP contribution in [0.5, 0.6) is 0 Å². The number of hydrogen-bond donors (Lipinski definition) is 1. The second kappa shape index (κ2) is 8.44. The van der Waals surface area contributed by atoms with Crippen molar-refractivity contribution in [2.75, 3.05) is 13.2 Å². The fourth-order valence-corrected chi connectivity index (χ4v) is 7.39. The highest BCUT2D eigenvalue weighted by Crippen LogP contribution is 2.66. The number of ether oxygens (including phenoxy) is 2. The molecule has 3 aliphatic carbocycles.